The lowest BCUT2D eigenvalue weighted by Gasteiger charge is -2.18. The van der Waals surface area contributed by atoms with Crippen LogP contribution in [0.5, 0.6) is 11.5 Å². The Labute approximate surface area is 352 Å². The number of nitrogens with zero attached hydrogens (tertiary/aromatic N) is 4. The van der Waals surface area contributed by atoms with Gasteiger partial charge in [0.2, 0.25) is 0 Å². The van der Waals surface area contributed by atoms with Crippen LogP contribution in [0.15, 0.2) is 109 Å². The van der Waals surface area contributed by atoms with E-state index in [1.807, 2.05) is 24.3 Å². The number of thiophene rings is 2. The van der Waals surface area contributed by atoms with Crippen LogP contribution in [0.3, 0.4) is 0 Å². The van der Waals surface area contributed by atoms with E-state index in [4.69, 9.17) is 14.9 Å². The molecule has 7 heteroatoms. The summed E-state index contributed by atoms with van der Waals surface area (Å²) in [6.45, 7) is 17.9. The molecule has 0 bridgehead atoms. The van der Waals surface area contributed by atoms with Gasteiger partial charge in [-0.3, -0.25) is 0 Å². The maximum Gasteiger partial charge on any atom is 0.128 e. The van der Waals surface area contributed by atoms with Gasteiger partial charge in [-0.05, 0) is 94.5 Å². The molecule has 292 valence electrons. The highest BCUT2D eigenvalue weighted by Crippen LogP contribution is 2.45. The van der Waals surface area contributed by atoms with Crippen molar-refractivity contribution in [2.75, 3.05) is 0 Å². The number of ether oxygens (including phenoxy) is 1. The summed E-state index contributed by atoms with van der Waals surface area (Å²) in [4.78, 5) is 0. The predicted octanol–water partition coefficient (Wildman–Crippen LogP) is 15.2. The second-order valence-electron chi connectivity index (χ2n) is 18.5. The lowest BCUT2D eigenvalue weighted by atomic mass is 9.87. The van der Waals surface area contributed by atoms with E-state index < -0.39 is 0 Å². The van der Waals surface area contributed by atoms with Crippen LogP contribution in [0, 0.1) is 24.7 Å². The zero-order chi connectivity index (χ0) is 40.8. The number of rotatable bonds is 6. The standard InChI is InChI=1S/C52H46N4OS2/c1-29-43-41-21-17-33-23-31(27-51(3,4)5)15-19-39(33)47(41)58-49(43)45(55-53-29)35-11-9-13-37(25-35)57-38-14-10-12-36(26-38)46-50-44(30(2)54-56-46)42-22-18-34-24-32(28-52(6,7)8)16-20-40(34)48(42)59-50/h9-26H,27-28H2,1-8H3. The molecule has 0 aliphatic heterocycles. The lowest BCUT2D eigenvalue weighted by molar-refractivity contribution is 0.411. The van der Waals surface area contributed by atoms with E-state index in [0.29, 0.717) is 0 Å². The number of fused-ring (bicyclic) bond motifs is 10. The first-order valence-electron chi connectivity index (χ1n) is 20.4. The van der Waals surface area contributed by atoms with Gasteiger partial charge in [0, 0.05) is 42.1 Å². The van der Waals surface area contributed by atoms with Crippen LogP contribution in [0.1, 0.15) is 64.1 Å². The number of hydrogen-bond acceptors (Lipinski definition) is 7. The van der Waals surface area contributed by atoms with Crippen molar-refractivity contribution < 1.29 is 4.74 Å². The van der Waals surface area contributed by atoms with Gasteiger partial charge >= 0.3 is 0 Å². The summed E-state index contributed by atoms with van der Waals surface area (Å²) in [6.07, 6.45) is 2.08. The van der Waals surface area contributed by atoms with E-state index in [1.165, 1.54) is 63.6 Å². The van der Waals surface area contributed by atoms with E-state index in [0.717, 1.165) is 67.6 Å². The van der Waals surface area contributed by atoms with Crippen molar-refractivity contribution >= 4 is 84.6 Å². The fourth-order valence-electron chi connectivity index (χ4n) is 8.73. The smallest absolute Gasteiger partial charge is 0.128 e. The highest BCUT2D eigenvalue weighted by atomic mass is 32.1. The minimum absolute atomic E-state index is 0.231. The van der Waals surface area contributed by atoms with Crippen molar-refractivity contribution in [1.29, 1.82) is 0 Å². The summed E-state index contributed by atoms with van der Waals surface area (Å²) in [7, 11) is 0. The van der Waals surface area contributed by atoms with Crippen LogP contribution in [0.25, 0.3) is 84.4 Å². The largest absolute Gasteiger partial charge is 0.457 e. The average Bonchev–Trinajstić information content (AvgIpc) is 3.78. The number of benzene rings is 6. The highest BCUT2D eigenvalue weighted by Gasteiger charge is 2.21. The van der Waals surface area contributed by atoms with Crippen molar-refractivity contribution in [3.05, 3.63) is 132 Å². The van der Waals surface area contributed by atoms with Crippen molar-refractivity contribution in [2.24, 2.45) is 10.8 Å². The van der Waals surface area contributed by atoms with Crippen LogP contribution in [-0.2, 0) is 12.8 Å². The molecule has 10 rings (SSSR count). The van der Waals surface area contributed by atoms with Crippen LogP contribution >= 0.6 is 22.7 Å². The average molecular weight is 807 g/mol. The lowest BCUT2D eigenvalue weighted by Crippen LogP contribution is -2.08. The van der Waals surface area contributed by atoms with Crippen molar-refractivity contribution in [1.82, 2.24) is 20.4 Å². The molecule has 10 aromatic rings. The van der Waals surface area contributed by atoms with Gasteiger partial charge in [-0.25, -0.2) is 0 Å². The SMILES string of the molecule is Cc1nnc(-c2cccc(Oc3cccc(-c4nnc(C)c5c4sc4c6ccc(CC(C)(C)C)cc6ccc45)c3)c2)c2sc3c4ccc(CC(C)(C)C)cc4ccc3c12. The summed E-state index contributed by atoms with van der Waals surface area (Å²) >= 11 is 3.61. The summed E-state index contributed by atoms with van der Waals surface area (Å²) < 4.78 is 11.4. The third kappa shape index (κ3) is 6.90. The van der Waals surface area contributed by atoms with Crippen molar-refractivity contribution in [3.63, 3.8) is 0 Å². The fourth-order valence-corrected chi connectivity index (χ4v) is 11.5. The minimum atomic E-state index is 0.231. The van der Waals surface area contributed by atoms with Gasteiger partial charge in [-0.1, -0.05) is 126 Å². The van der Waals surface area contributed by atoms with Crippen LogP contribution in [0.2, 0.25) is 0 Å². The second-order valence-corrected chi connectivity index (χ2v) is 20.5. The van der Waals surface area contributed by atoms with Crippen molar-refractivity contribution in [2.45, 2.75) is 68.2 Å². The molecule has 0 atom stereocenters. The molecule has 0 aliphatic carbocycles. The zero-order valence-corrected chi connectivity index (χ0v) is 36.5. The van der Waals surface area contributed by atoms with E-state index in [-0.39, 0.29) is 10.8 Å². The molecule has 0 fully saturated rings. The van der Waals surface area contributed by atoms with Crippen LogP contribution in [-0.4, -0.2) is 20.4 Å². The maximum absolute atomic E-state index is 6.61. The molecular formula is C52H46N4OS2. The number of hydrogen-bond donors (Lipinski definition) is 0. The predicted molar refractivity (Wildman–Crippen MR) is 252 cm³/mol. The monoisotopic (exact) mass is 806 g/mol. The first-order valence-corrected chi connectivity index (χ1v) is 22.0. The first kappa shape index (κ1) is 37.5. The molecule has 0 saturated carbocycles. The Morgan fingerprint density at radius 2 is 0.881 bits per heavy atom. The van der Waals surface area contributed by atoms with Gasteiger partial charge in [-0.15, -0.1) is 32.9 Å². The third-order valence-corrected chi connectivity index (χ3v) is 13.6. The Bertz CT molecular complexity index is 3090. The maximum atomic E-state index is 6.61. The second kappa shape index (κ2) is 13.9. The molecule has 0 amide bonds. The molecule has 5 nitrogen and oxygen atoms in total. The van der Waals surface area contributed by atoms with E-state index in [9.17, 15) is 0 Å². The molecule has 0 spiro atoms. The summed E-state index contributed by atoms with van der Waals surface area (Å²) in [6, 6.07) is 39.3. The molecule has 6 aromatic carbocycles. The topological polar surface area (TPSA) is 60.8 Å². The summed E-state index contributed by atoms with van der Waals surface area (Å²) in [5.74, 6) is 1.46. The first-order chi connectivity index (χ1) is 28.3. The van der Waals surface area contributed by atoms with Gasteiger partial charge < -0.3 is 4.74 Å². The van der Waals surface area contributed by atoms with Crippen molar-refractivity contribution in [3.8, 4) is 34.0 Å². The Kier molecular flexibility index (Phi) is 8.85. The molecule has 0 N–H and O–H groups in total. The van der Waals surface area contributed by atoms with Gasteiger partial charge in [0.25, 0.3) is 0 Å². The van der Waals surface area contributed by atoms with E-state index in [2.05, 4.69) is 151 Å². The minimum Gasteiger partial charge on any atom is -0.457 e. The molecule has 0 aliphatic rings. The normalized spacial score (nSPS) is 12.5. The van der Waals surface area contributed by atoms with Gasteiger partial charge in [0.1, 0.15) is 22.9 Å². The summed E-state index contributed by atoms with van der Waals surface area (Å²) in [5.41, 5.74) is 8.74. The Morgan fingerprint density at radius 1 is 0.458 bits per heavy atom. The molecule has 4 heterocycles. The number of aromatic nitrogens is 4. The number of aryl methyl sites for hydroxylation is 2. The van der Waals surface area contributed by atoms with E-state index in [1.54, 1.807) is 22.7 Å². The molecule has 0 unspecified atom stereocenters. The van der Waals surface area contributed by atoms with Gasteiger partial charge in [0.05, 0.1) is 20.8 Å². The van der Waals surface area contributed by atoms with Gasteiger partial charge in [0.15, 0.2) is 0 Å². The Morgan fingerprint density at radius 3 is 1.31 bits per heavy atom. The Hall–Kier alpha value is -5.76. The highest BCUT2D eigenvalue weighted by molar-refractivity contribution is 7.27. The van der Waals surface area contributed by atoms with Crippen LogP contribution < -0.4 is 4.74 Å². The molecular weight excluding hydrogens is 761 g/mol. The summed E-state index contributed by atoms with van der Waals surface area (Å²) in [5, 5.41) is 28.8. The molecule has 59 heavy (non-hydrogen) atoms. The molecule has 4 aromatic heterocycles. The molecule has 0 radical (unpaired) electrons. The zero-order valence-electron chi connectivity index (χ0n) is 34.8. The van der Waals surface area contributed by atoms with Gasteiger partial charge in [-0.2, -0.15) is 10.2 Å². The fraction of sp³-hybridized carbons (Fsp3) is 0.231. The quantitative estimate of drug-likeness (QED) is 0.167. The third-order valence-electron chi connectivity index (χ3n) is 11.1. The Balaban J connectivity index is 0.998. The van der Waals surface area contributed by atoms with E-state index >= 15 is 0 Å². The molecule has 0 saturated heterocycles. The van der Waals surface area contributed by atoms with Crippen LogP contribution in [0.4, 0.5) is 0 Å².